The third kappa shape index (κ3) is 2.32. The number of phenols is 1. The summed E-state index contributed by atoms with van der Waals surface area (Å²) in [5.41, 5.74) is 2.71. The second kappa shape index (κ2) is 5.19. The van der Waals surface area contributed by atoms with Crippen LogP contribution in [-0.4, -0.2) is 27.7 Å². The van der Waals surface area contributed by atoms with Gasteiger partial charge in [0.1, 0.15) is 5.71 Å². The van der Waals surface area contributed by atoms with Crippen molar-refractivity contribution in [2.45, 2.75) is 12.6 Å². The van der Waals surface area contributed by atoms with Gasteiger partial charge >= 0.3 is 0 Å². The van der Waals surface area contributed by atoms with Crippen molar-refractivity contribution in [1.29, 1.82) is 0 Å². The molecule has 0 fully saturated rings. The first kappa shape index (κ1) is 14.4. The third-order valence-electron chi connectivity index (χ3n) is 4.02. The molecule has 6 heteroatoms. The van der Waals surface area contributed by atoms with Crippen molar-refractivity contribution in [1.82, 2.24) is 4.98 Å². The van der Waals surface area contributed by atoms with E-state index in [1.807, 2.05) is 19.1 Å². The molecule has 118 valence electrons. The maximum absolute atomic E-state index is 13.6. The summed E-state index contributed by atoms with van der Waals surface area (Å²) in [7, 11) is 0. The first-order chi connectivity index (χ1) is 11.5. The van der Waals surface area contributed by atoms with Gasteiger partial charge in [-0.2, -0.15) is 0 Å². The molecule has 0 spiro atoms. The highest BCUT2D eigenvalue weighted by Crippen LogP contribution is 2.32. The summed E-state index contributed by atoms with van der Waals surface area (Å²) in [5.74, 6) is -1.06. The number of hydrogen-bond acceptors (Lipinski definition) is 5. The Hall–Kier alpha value is -3.15. The van der Waals surface area contributed by atoms with Gasteiger partial charge in [0.05, 0.1) is 17.6 Å². The van der Waals surface area contributed by atoms with Crippen LogP contribution in [0.15, 0.2) is 63.8 Å². The van der Waals surface area contributed by atoms with E-state index in [0.717, 1.165) is 5.56 Å². The minimum Gasteiger partial charge on any atom is -0.505 e. The average molecular weight is 320 g/mol. The SMILES string of the molecule is CC1(c2ccncc2)N=CC2=NC(c3ccc(O)c(F)c3)=CC2=N1. The van der Waals surface area contributed by atoms with Gasteiger partial charge in [-0.25, -0.2) is 14.4 Å². The highest BCUT2D eigenvalue weighted by atomic mass is 19.1. The van der Waals surface area contributed by atoms with Gasteiger partial charge in [-0.1, -0.05) is 0 Å². The monoisotopic (exact) mass is 320 g/mol. The second-order valence-corrected chi connectivity index (χ2v) is 5.70. The maximum Gasteiger partial charge on any atom is 0.173 e. The summed E-state index contributed by atoms with van der Waals surface area (Å²) < 4.78 is 13.6. The van der Waals surface area contributed by atoms with Crippen molar-refractivity contribution < 1.29 is 9.50 Å². The first-order valence-electron chi connectivity index (χ1n) is 7.40. The van der Waals surface area contributed by atoms with E-state index in [4.69, 9.17) is 4.99 Å². The molecule has 24 heavy (non-hydrogen) atoms. The fraction of sp³-hybridized carbons (Fsp3) is 0.111. The maximum atomic E-state index is 13.6. The molecular weight excluding hydrogens is 307 g/mol. The lowest BCUT2D eigenvalue weighted by atomic mass is 10.0. The standard InChI is InChI=1S/C18H13FN4O/c1-18(12-4-6-20-7-5-12)21-10-16-15(23-18)9-14(22-16)11-2-3-17(24)13(19)8-11/h2-10,24H,1H3. The summed E-state index contributed by atoms with van der Waals surface area (Å²) >= 11 is 0. The number of aromatic nitrogens is 1. The van der Waals surface area contributed by atoms with Crippen LogP contribution in [0.3, 0.4) is 0 Å². The number of halogens is 1. The van der Waals surface area contributed by atoms with Crippen LogP contribution in [0, 0.1) is 5.82 Å². The van der Waals surface area contributed by atoms with E-state index in [0.29, 0.717) is 22.7 Å². The summed E-state index contributed by atoms with van der Waals surface area (Å²) in [6.07, 6.45) is 6.89. The molecule has 2 aliphatic rings. The highest BCUT2D eigenvalue weighted by molar-refractivity contribution is 6.68. The molecule has 1 unspecified atom stereocenters. The van der Waals surface area contributed by atoms with Gasteiger partial charge in [0.25, 0.3) is 0 Å². The number of pyridine rings is 1. The number of fused-ring (bicyclic) bond motifs is 1. The molecule has 2 aromatic rings. The molecule has 5 nitrogen and oxygen atoms in total. The van der Waals surface area contributed by atoms with Crippen LogP contribution in [-0.2, 0) is 5.66 Å². The van der Waals surface area contributed by atoms with Gasteiger partial charge in [0.2, 0.25) is 0 Å². The number of aromatic hydroxyl groups is 1. The number of benzene rings is 1. The summed E-state index contributed by atoms with van der Waals surface area (Å²) in [6, 6.07) is 7.93. The molecular formula is C18H13FN4O. The molecule has 2 aliphatic heterocycles. The number of rotatable bonds is 2. The largest absolute Gasteiger partial charge is 0.505 e. The lowest BCUT2D eigenvalue weighted by Crippen LogP contribution is -2.27. The Balaban J connectivity index is 1.74. The van der Waals surface area contributed by atoms with Crippen LogP contribution in [0.25, 0.3) is 5.70 Å². The molecule has 1 atom stereocenters. The Labute approximate surface area is 137 Å². The van der Waals surface area contributed by atoms with Crippen molar-refractivity contribution in [2.75, 3.05) is 0 Å². The van der Waals surface area contributed by atoms with Crippen LogP contribution in [0.4, 0.5) is 4.39 Å². The smallest absolute Gasteiger partial charge is 0.173 e. The van der Waals surface area contributed by atoms with Gasteiger partial charge in [-0.05, 0) is 43.3 Å². The minimum atomic E-state index is -0.733. The van der Waals surface area contributed by atoms with Gasteiger partial charge in [0.15, 0.2) is 17.2 Å². The van der Waals surface area contributed by atoms with Crippen LogP contribution in [0.5, 0.6) is 5.75 Å². The van der Waals surface area contributed by atoms with E-state index in [1.54, 1.807) is 30.8 Å². The van der Waals surface area contributed by atoms with Gasteiger partial charge in [-0.15, -0.1) is 0 Å². The lowest BCUT2D eigenvalue weighted by molar-refractivity contribution is 0.432. The average Bonchev–Trinajstić information content (AvgIpc) is 3.01. The summed E-state index contributed by atoms with van der Waals surface area (Å²) in [5, 5.41) is 9.31. The van der Waals surface area contributed by atoms with Crippen LogP contribution >= 0.6 is 0 Å². The number of phenolic OH excluding ortho intramolecular Hbond substituents is 1. The first-order valence-corrected chi connectivity index (χ1v) is 7.40. The zero-order valence-electron chi connectivity index (χ0n) is 12.8. The fourth-order valence-corrected chi connectivity index (χ4v) is 2.68. The number of allylic oxidation sites excluding steroid dienone is 1. The van der Waals surface area contributed by atoms with Crippen molar-refractivity contribution in [3.63, 3.8) is 0 Å². The molecule has 0 saturated heterocycles. The van der Waals surface area contributed by atoms with Gasteiger partial charge in [-0.3, -0.25) is 9.98 Å². The topological polar surface area (TPSA) is 70.2 Å². The molecule has 3 heterocycles. The van der Waals surface area contributed by atoms with Gasteiger partial charge in [0, 0.05) is 23.5 Å². The van der Waals surface area contributed by atoms with E-state index in [2.05, 4.69) is 15.0 Å². The van der Waals surface area contributed by atoms with Crippen molar-refractivity contribution >= 4 is 23.3 Å². The number of nitrogens with zero attached hydrogens (tertiary/aromatic N) is 4. The normalized spacial score (nSPS) is 21.8. The lowest BCUT2D eigenvalue weighted by Gasteiger charge is -2.24. The number of hydrogen-bond donors (Lipinski definition) is 1. The van der Waals surface area contributed by atoms with E-state index in [9.17, 15) is 9.50 Å². The minimum absolute atomic E-state index is 0.383. The van der Waals surface area contributed by atoms with E-state index >= 15 is 0 Å². The predicted octanol–water partition coefficient (Wildman–Crippen LogP) is 3.12. The molecule has 1 aromatic carbocycles. The molecule has 0 radical (unpaired) electrons. The Kier molecular flexibility index (Phi) is 3.13. The van der Waals surface area contributed by atoms with Crippen LogP contribution in [0.2, 0.25) is 0 Å². The van der Waals surface area contributed by atoms with Crippen molar-refractivity contribution in [2.24, 2.45) is 15.0 Å². The Morgan fingerprint density at radius 1 is 1.08 bits per heavy atom. The molecule has 1 aromatic heterocycles. The van der Waals surface area contributed by atoms with E-state index in [1.165, 1.54) is 12.1 Å². The predicted molar refractivity (Wildman–Crippen MR) is 91.0 cm³/mol. The zero-order valence-corrected chi connectivity index (χ0v) is 12.8. The third-order valence-corrected chi connectivity index (χ3v) is 4.02. The molecule has 0 amide bonds. The summed E-state index contributed by atoms with van der Waals surface area (Å²) in [6.45, 7) is 1.91. The van der Waals surface area contributed by atoms with Crippen molar-refractivity contribution in [3.05, 3.63) is 65.7 Å². The molecule has 1 N–H and O–H groups in total. The second-order valence-electron chi connectivity index (χ2n) is 5.70. The van der Waals surface area contributed by atoms with Crippen LogP contribution < -0.4 is 0 Å². The van der Waals surface area contributed by atoms with Crippen LogP contribution in [0.1, 0.15) is 18.1 Å². The highest BCUT2D eigenvalue weighted by Gasteiger charge is 2.31. The molecule has 4 rings (SSSR count). The van der Waals surface area contributed by atoms with Crippen molar-refractivity contribution in [3.8, 4) is 5.75 Å². The molecule has 0 saturated carbocycles. The van der Waals surface area contributed by atoms with E-state index < -0.39 is 11.5 Å². The quantitative estimate of drug-likeness (QED) is 0.923. The fourth-order valence-electron chi connectivity index (χ4n) is 2.68. The molecule has 0 bridgehead atoms. The van der Waals surface area contributed by atoms with Gasteiger partial charge < -0.3 is 5.11 Å². The summed E-state index contributed by atoms with van der Waals surface area (Å²) in [4.78, 5) is 17.7. The Bertz CT molecular complexity index is 947. The number of aliphatic imine (C=N–C) groups is 3. The van der Waals surface area contributed by atoms with E-state index in [-0.39, 0.29) is 5.75 Å². The Morgan fingerprint density at radius 2 is 1.88 bits per heavy atom. The Morgan fingerprint density at radius 3 is 2.62 bits per heavy atom. The molecule has 0 aliphatic carbocycles. The zero-order chi connectivity index (χ0) is 16.7.